The van der Waals surface area contributed by atoms with E-state index >= 15 is 0 Å². The van der Waals surface area contributed by atoms with E-state index in [2.05, 4.69) is 15.0 Å². The Hall–Kier alpha value is -3.25. The summed E-state index contributed by atoms with van der Waals surface area (Å²) in [5.74, 6) is -2.73. The first-order chi connectivity index (χ1) is 18.4. The molecular formula is C25H26Cl2F3N3O6. The van der Waals surface area contributed by atoms with Gasteiger partial charge in [0.05, 0.1) is 19.6 Å². The molecule has 14 heteroatoms. The van der Waals surface area contributed by atoms with Gasteiger partial charge in [-0.2, -0.15) is 0 Å². The van der Waals surface area contributed by atoms with Crippen LogP contribution in [0.5, 0.6) is 5.75 Å². The molecule has 0 bridgehead atoms. The fourth-order valence-electron chi connectivity index (χ4n) is 4.33. The van der Waals surface area contributed by atoms with Crippen LogP contribution in [-0.4, -0.2) is 60.0 Å². The van der Waals surface area contributed by atoms with Gasteiger partial charge in [-0.25, -0.2) is 14.6 Å². The number of ether oxygens (including phenoxy) is 3. The van der Waals surface area contributed by atoms with E-state index in [9.17, 15) is 27.6 Å². The lowest BCUT2D eigenvalue weighted by Crippen LogP contribution is -2.56. The van der Waals surface area contributed by atoms with Crippen LogP contribution in [0, 0.1) is 5.92 Å². The SMILES string of the molecule is CCCCOC(=O)[C@]1(Cc2ccc(OC(F)(F)F)cc2)C[C@@H](C(=O)OC)CN1C(=O)Nc1cc(Cl)nc(Cl)c1. The number of likely N-dealkylation sites (tertiary alicyclic amines) is 1. The number of amides is 2. The Morgan fingerprint density at radius 2 is 1.79 bits per heavy atom. The molecule has 1 aromatic carbocycles. The van der Waals surface area contributed by atoms with Crippen LogP contribution in [0.4, 0.5) is 23.7 Å². The zero-order chi connectivity index (χ0) is 28.8. The van der Waals surface area contributed by atoms with Crippen molar-refractivity contribution in [2.24, 2.45) is 5.92 Å². The number of nitrogens with one attached hydrogen (secondary N) is 1. The number of carbonyl (C=O) groups excluding carboxylic acids is 3. The van der Waals surface area contributed by atoms with Crippen LogP contribution in [0.3, 0.4) is 0 Å². The van der Waals surface area contributed by atoms with Crippen molar-refractivity contribution in [3.63, 3.8) is 0 Å². The average molecular weight is 592 g/mol. The highest BCUT2D eigenvalue weighted by Crippen LogP contribution is 2.39. The third-order valence-corrected chi connectivity index (χ3v) is 6.45. The van der Waals surface area contributed by atoms with E-state index in [0.29, 0.717) is 12.0 Å². The van der Waals surface area contributed by atoms with Crippen LogP contribution in [0.1, 0.15) is 31.7 Å². The van der Waals surface area contributed by atoms with E-state index in [0.717, 1.165) is 18.6 Å². The molecule has 0 radical (unpaired) electrons. The molecule has 0 spiro atoms. The molecule has 1 aliphatic heterocycles. The van der Waals surface area contributed by atoms with Gasteiger partial charge < -0.3 is 24.4 Å². The molecular weight excluding hydrogens is 566 g/mol. The first-order valence-electron chi connectivity index (χ1n) is 11.9. The first kappa shape index (κ1) is 30.3. The minimum absolute atomic E-state index is 0.0121. The molecule has 1 fully saturated rings. The van der Waals surface area contributed by atoms with Gasteiger partial charge in [-0.1, -0.05) is 48.7 Å². The quantitative estimate of drug-likeness (QED) is 0.228. The number of carbonyl (C=O) groups is 3. The highest BCUT2D eigenvalue weighted by molar-refractivity contribution is 6.33. The number of unbranched alkanes of at least 4 members (excludes halogenated alkanes) is 1. The van der Waals surface area contributed by atoms with Crippen LogP contribution >= 0.6 is 23.2 Å². The highest BCUT2D eigenvalue weighted by atomic mass is 35.5. The molecule has 2 amide bonds. The number of aromatic nitrogens is 1. The Morgan fingerprint density at radius 1 is 1.15 bits per heavy atom. The van der Waals surface area contributed by atoms with Crippen LogP contribution in [0.25, 0.3) is 0 Å². The Labute approximate surface area is 232 Å². The molecule has 39 heavy (non-hydrogen) atoms. The van der Waals surface area contributed by atoms with Crippen LogP contribution in [0.2, 0.25) is 10.3 Å². The molecule has 1 N–H and O–H groups in total. The molecule has 2 heterocycles. The summed E-state index contributed by atoms with van der Waals surface area (Å²) in [7, 11) is 1.19. The molecule has 0 aliphatic carbocycles. The highest BCUT2D eigenvalue weighted by Gasteiger charge is 2.56. The Kier molecular flexibility index (Phi) is 9.89. The van der Waals surface area contributed by atoms with Gasteiger partial charge in [0.15, 0.2) is 0 Å². The van der Waals surface area contributed by atoms with Crippen molar-refractivity contribution in [2.75, 3.05) is 25.6 Å². The van der Waals surface area contributed by atoms with Crippen molar-refractivity contribution < 1.29 is 41.8 Å². The zero-order valence-electron chi connectivity index (χ0n) is 21.0. The van der Waals surface area contributed by atoms with Gasteiger partial charge in [0, 0.05) is 18.7 Å². The summed E-state index contributed by atoms with van der Waals surface area (Å²) in [5, 5.41) is 2.64. The molecule has 1 aliphatic rings. The first-order valence-corrected chi connectivity index (χ1v) is 12.6. The summed E-state index contributed by atoms with van der Waals surface area (Å²) >= 11 is 11.9. The van der Waals surface area contributed by atoms with Crippen molar-refractivity contribution in [3.8, 4) is 5.75 Å². The number of anilines is 1. The summed E-state index contributed by atoms with van der Waals surface area (Å²) in [6.45, 7) is 1.79. The molecule has 3 rings (SSSR count). The number of benzene rings is 1. The number of hydrogen-bond donors (Lipinski definition) is 1. The summed E-state index contributed by atoms with van der Waals surface area (Å²) in [5.41, 5.74) is -1.10. The predicted octanol–water partition coefficient (Wildman–Crippen LogP) is 5.64. The monoisotopic (exact) mass is 591 g/mol. The normalized spacial score (nSPS) is 18.9. The van der Waals surface area contributed by atoms with E-state index in [1.54, 1.807) is 0 Å². The predicted molar refractivity (Wildman–Crippen MR) is 136 cm³/mol. The summed E-state index contributed by atoms with van der Waals surface area (Å²) in [6.07, 6.45) is -3.89. The molecule has 212 valence electrons. The van der Waals surface area contributed by atoms with E-state index in [4.69, 9.17) is 32.7 Å². The smallest absolute Gasteiger partial charge is 0.469 e. The lowest BCUT2D eigenvalue weighted by Gasteiger charge is -2.36. The lowest BCUT2D eigenvalue weighted by molar-refractivity contribution is -0.274. The molecule has 9 nitrogen and oxygen atoms in total. The van der Waals surface area contributed by atoms with Gasteiger partial charge >= 0.3 is 24.3 Å². The fraction of sp³-hybridized carbons (Fsp3) is 0.440. The fourth-order valence-corrected chi connectivity index (χ4v) is 4.79. The summed E-state index contributed by atoms with van der Waals surface area (Å²) in [6, 6.07) is 6.80. The van der Waals surface area contributed by atoms with Gasteiger partial charge in [0.25, 0.3) is 0 Å². The molecule has 1 saturated heterocycles. The van der Waals surface area contributed by atoms with Crippen molar-refractivity contribution in [1.29, 1.82) is 0 Å². The van der Waals surface area contributed by atoms with E-state index in [1.165, 1.54) is 36.3 Å². The van der Waals surface area contributed by atoms with Crippen molar-refractivity contribution in [2.45, 2.75) is 44.5 Å². The van der Waals surface area contributed by atoms with E-state index < -0.39 is 41.5 Å². The number of urea groups is 1. The summed E-state index contributed by atoms with van der Waals surface area (Å²) < 4.78 is 52.1. The second-order valence-electron chi connectivity index (χ2n) is 8.86. The number of methoxy groups -OCH3 is 1. The minimum atomic E-state index is -4.88. The van der Waals surface area contributed by atoms with E-state index in [1.807, 2.05) is 6.92 Å². The topological polar surface area (TPSA) is 107 Å². The van der Waals surface area contributed by atoms with Crippen molar-refractivity contribution in [3.05, 3.63) is 52.3 Å². The second kappa shape index (κ2) is 12.7. The number of alkyl halides is 3. The second-order valence-corrected chi connectivity index (χ2v) is 9.63. The minimum Gasteiger partial charge on any atom is -0.469 e. The lowest BCUT2D eigenvalue weighted by atomic mass is 9.85. The Balaban J connectivity index is 2.00. The average Bonchev–Trinajstić information content (AvgIpc) is 3.24. The van der Waals surface area contributed by atoms with Gasteiger partial charge in [-0.05, 0) is 42.7 Å². The number of halogens is 5. The van der Waals surface area contributed by atoms with Gasteiger partial charge in [-0.3, -0.25) is 4.79 Å². The largest absolute Gasteiger partial charge is 0.573 e. The number of hydrogen-bond acceptors (Lipinski definition) is 7. The maximum absolute atomic E-state index is 13.6. The molecule has 2 aromatic rings. The maximum Gasteiger partial charge on any atom is 0.573 e. The van der Waals surface area contributed by atoms with Gasteiger partial charge in [-0.15, -0.1) is 13.2 Å². The number of pyridine rings is 1. The van der Waals surface area contributed by atoms with Gasteiger partial charge in [0.2, 0.25) is 0 Å². The van der Waals surface area contributed by atoms with E-state index in [-0.39, 0.29) is 42.0 Å². The number of esters is 2. The molecule has 1 aromatic heterocycles. The van der Waals surface area contributed by atoms with Crippen LogP contribution in [0.15, 0.2) is 36.4 Å². The maximum atomic E-state index is 13.6. The summed E-state index contributed by atoms with van der Waals surface area (Å²) in [4.78, 5) is 44.7. The van der Waals surface area contributed by atoms with Gasteiger partial charge in [0.1, 0.15) is 21.6 Å². The van der Waals surface area contributed by atoms with Crippen molar-refractivity contribution >= 4 is 46.9 Å². The number of rotatable bonds is 9. The third-order valence-electron chi connectivity index (χ3n) is 6.06. The number of nitrogens with zero attached hydrogens (tertiary/aromatic N) is 2. The molecule has 2 atom stereocenters. The van der Waals surface area contributed by atoms with Crippen LogP contribution < -0.4 is 10.1 Å². The standard InChI is InChI=1S/C25H26Cl2F3N3O6/c1-3-4-9-38-22(35)24(12-15-5-7-18(8-6-15)39-25(28,29)30)13-16(21(34)37-2)14-33(24)23(36)31-17-10-19(26)32-20(27)11-17/h5-8,10-11,16H,3-4,9,12-14H2,1-2H3,(H,31,32,36)/t16-,24+/m1/s1. The molecule has 0 unspecified atom stereocenters. The molecule has 0 saturated carbocycles. The third kappa shape index (κ3) is 7.89. The Morgan fingerprint density at radius 3 is 2.36 bits per heavy atom. The van der Waals surface area contributed by atoms with Crippen molar-refractivity contribution in [1.82, 2.24) is 9.88 Å². The Bertz CT molecular complexity index is 1180. The van der Waals surface area contributed by atoms with Crippen LogP contribution in [-0.2, 0) is 25.5 Å². The zero-order valence-corrected chi connectivity index (χ0v) is 22.5.